The summed E-state index contributed by atoms with van der Waals surface area (Å²) < 4.78 is 12.9. The van der Waals surface area contributed by atoms with Crippen LogP contribution in [-0.2, 0) is 0 Å². The zero-order chi connectivity index (χ0) is 14.8. The Labute approximate surface area is 127 Å². The molecule has 0 saturated carbocycles. The van der Waals surface area contributed by atoms with E-state index in [0.717, 1.165) is 37.7 Å². The molecule has 3 rings (SSSR count). The number of nitrogens with zero attached hydrogens (tertiary/aromatic N) is 4. The van der Waals surface area contributed by atoms with Crippen molar-refractivity contribution in [1.82, 2.24) is 9.97 Å². The van der Waals surface area contributed by atoms with Crippen molar-refractivity contribution >= 4 is 29.1 Å². The van der Waals surface area contributed by atoms with Crippen LogP contribution in [0.3, 0.4) is 0 Å². The second-order valence-corrected chi connectivity index (χ2v) is 5.24. The normalized spacial score (nSPS) is 15.3. The highest BCUT2D eigenvalue weighted by molar-refractivity contribution is 6.29. The van der Waals surface area contributed by atoms with Crippen LogP contribution in [0.4, 0.5) is 21.8 Å². The molecule has 2 N–H and O–H groups in total. The summed E-state index contributed by atoms with van der Waals surface area (Å²) in [6.07, 6.45) is 0. The van der Waals surface area contributed by atoms with Crippen molar-refractivity contribution in [2.45, 2.75) is 0 Å². The lowest BCUT2D eigenvalue weighted by Crippen LogP contribution is -2.46. The summed E-state index contributed by atoms with van der Waals surface area (Å²) in [5.74, 6) is 0.702. The van der Waals surface area contributed by atoms with E-state index in [9.17, 15) is 4.39 Å². The summed E-state index contributed by atoms with van der Waals surface area (Å²) in [5, 5.41) is 0.346. The van der Waals surface area contributed by atoms with Crippen molar-refractivity contribution in [3.63, 3.8) is 0 Å². The summed E-state index contributed by atoms with van der Waals surface area (Å²) in [4.78, 5) is 12.4. The van der Waals surface area contributed by atoms with Crippen LogP contribution < -0.4 is 15.5 Å². The monoisotopic (exact) mass is 307 g/mol. The van der Waals surface area contributed by atoms with Gasteiger partial charge in [0.05, 0.1) is 0 Å². The van der Waals surface area contributed by atoms with Crippen molar-refractivity contribution in [3.05, 3.63) is 41.3 Å². The van der Waals surface area contributed by atoms with Gasteiger partial charge in [0.2, 0.25) is 5.95 Å². The van der Waals surface area contributed by atoms with E-state index in [1.165, 1.54) is 12.1 Å². The molecule has 0 amide bonds. The van der Waals surface area contributed by atoms with Gasteiger partial charge in [0.1, 0.15) is 16.8 Å². The fourth-order valence-electron chi connectivity index (χ4n) is 2.43. The number of halogens is 2. The van der Waals surface area contributed by atoms with E-state index in [1.54, 1.807) is 18.2 Å². The standard InChI is InChI=1S/C14H15ClFN5/c15-12-9-13(19-14(17)18-12)21-7-5-20(6-8-21)11-3-1-10(16)2-4-11/h1-4,9H,5-8H2,(H2,17,18,19). The summed E-state index contributed by atoms with van der Waals surface area (Å²) in [7, 11) is 0. The van der Waals surface area contributed by atoms with Crippen LogP contribution in [0, 0.1) is 5.82 Å². The fourth-order valence-corrected chi connectivity index (χ4v) is 2.61. The molecule has 110 valence electrons. The summed E-state index contributed by atoms with van der Waals surface area (Å²) in [6.45, 7) is 3.24. The molecule has 1 fully saturated rings. The Bertz CT molecular complexity index is 606. The SMILES string of the molecule is Nc1nc(Cl)cc(N2CCN(c3ccc(F)cc3)CC2)n1. The van der Waals surface area contributed by atoms with E-state index < -0.39 is 0 Å². The molecule has 1 aromatic carbocycles. The molecule has 1 aliphatic heterocycles. The van der Waals surface area contributed by atoms with Crippen LogP contribution in [0.1, 0.15) is 0 Å². The first-order chi connectivity index (χ1) is 10.1. The van der Waals surface area contributed by atoms with Crippen LogP contribution >= 0.6 is 11.6 Å². The highest BCUT2D eigenvalue weighted by Crippen LogP contribution is 2.21. The molecule has 7 heteroatoms. The molecule has 1 aliphatic rings. The van der Waals surface area contributed by atoms with E-state index in [0.29, 0.717) is 5.15 Å². The van der Waals surface area contributed by atoms with Gasteiger partial charge in [0.25, 0.3) is 0 Å². The Kier molecular flexibility index (Phi) is 3.79. The van der Waals surface area contributed by atoms with Gasteiger partial charge >= 0.3 is 0 Å². The van der Waals surface area contributed by atoms with Gasteiger partial charge in [-0.05, 0) is 24.3 Å². The van der Waals surface area contributed by atoms with Crippen LogP contribution in [0.25, 0.3) is 0 Å². The van der Waals surface area contributed by atoms with Gasteiger partial charge < -0.3 is 15.5 Å². The van der Waals surface area contributed by atoms with Crippen molar-refractivity contribution in [1.29, 1.82) is 0 Å². The number of hydrogen-bond donors (Lipinski definition) is 1. The van der Waals surface area contributed by atoms with Gasteiger partial charge in [-0.2, -0.15) is 4.98 Å². The number of hydrogen-bond acceptors (Lipinski definition) is 5. The molecule has 1 saturated heterocycles. The molecule has 0 spiro atoms. The summed E-state index contributed by atoms with van der Waals surface area (Å²) in [6, 6.07) is 8.26. The Hall–Kier alpha value is -2.08. The number of nitrogen functional groups attached to an aromatic ring is 1. The lowest BCUT2D eigenvalue weighted by Gasteiger charge is -2.36. The second-order valence-electron chi connectivity index (χ2n) is 4.86. The predicted octanol–water partition coefficient (Wildman–Crippen LogP) is 2.18. The predicted molar refractivity (Wildman–Crippen MR) is 82.3 cm³/mol. The van der Waals surface area contributed by atoms with E-state index >= 15 is 0 Å². The van der Waals surface area contributed by atoms with Gasteiger partial charge in [-0.15, -0.1) is 0 Å². The topological polar surface area (TPSA) is 58.3 Å². The third kappa shape index (κ3) is 3.16. The molecule has 2 heterocycles. The number of nitrogens with two attached hydrogens (primary N) is 1. The van der Waals surface area contributed by atoms with Gasteiger partial charge in [-0.1, -0.05) is 11.6 Å². The molecule has 0 bridgehead atoms. The van der Waals surface area contributed by atoms with Crippen molar-refractivity contribution in [2.24, 2.45) is 0 Å². The maximum atomic E-state index is 12.9. The quantitative estimate of drug-likeness (QED) is 0.862. The number of rotatable bonds is 2. The zero-order valence-corrected chi connectivity index (χ0v) is 12.1. The summed E-state index contributed by atoms with van der Waals surface area (Å²) in [5.41, 5.74) is 6.64. The highest BCUT2D eigenvalue weighted by Gasteiger charge is 2.19. The van der Waals surface area contributed by atoms with Gasteiger partial charge in [-0.25, -0.2) is 9.37 Å². The minimum Gasteiger partial charge on any atom is -0.368 e. The molecule has 2 aromatic rings. The lowest BCUT2D eigenvalue weighted by molar-refractivity contribution is 0.624. The molecule has 1 aromatic heterocycles. The molecule has 0 atom stereocenters. The Morgan fingerprint density at radius 1 is 1.00 bits per heavy atom. The van der Waals surface area contributed by atoms with E-state index in [2.05, 4.69) is 19.8 Å². The maximum Gasteiger partial charge on any atom is 0.223 e. The van der Waals surface area contributed by atoms with Crippen LogP contribution in [0.2, 0.25) is 5.15 Å². The largest absolute Gasteiger partial charge is 0.368 e. The second kappa shape index (κ2) is 5.73. The number of piperazine rings is 1. The van der Waals surface area contributed by atoms with Crippen molar-refractivity contribution in [3.8, 4) is 0 Å². The molecular weight excluding hydrogens is 293 g/mol. The molecule has 0 unspecified atom stereocenters. The molecule has 21 heavy (non-hydrogen) atoms. The minimum absolute atomic E-state index is 0.179. The van der Waals surface area contributed by atoms with Gasteiger partial charge in [-0.3, -0.25) is 0 Å². The molecular formula is C14H15ClFN5. The Morgan fingerprint density at radius 3 is 2.24 bits per heavy atom. The lowest BCUT2D eigenvalue weighted by atomic mass is 10.2. The van der Waals surface area contributed by atoms with E-state index in [-0.39, 0.29) is 11.8 Å². The van der Waals surface area contributed by atoms with E-state index in [1.807, 2.05) is 0 Å². The first-order valence-electron chi connectivity index (χ1n) is 6.67. The van der Waals surface area contributed by atoms with Crippen molar-refractivity contribution < 1.29 is 4.39 Å². The van der Waals surface area contributed by atoms with E-state index in [4.69, 9.17) is 17.3 Å². The number of benzene rings is 1. The average molecular weight is 308 g/mol. The zero-order valence-electron chi connectivity index (χ0n) is 11.3. The summed E-state index contributed by atoms with van der Waals surface area (Å²) >= 11 is 5.91. The Morgan fingerprint density at radius 2 is 1.62 bits per heavy atom. The average Bonchev–Trinajstić information content (AvgIpc) is 2.47. The first-order valence-corrected chi connectivity index (χ1v) is 7.05. The van der Waals surface area contributed by atoms with Crippen LogP contribution in [0.5, 0.6) is 0 Å². The van der Waals surface area contributed by atoms with Crippen LogP contribution in [0.15, 0.2) is 30.3 Å². The fraction of sp³-hybridized carbons (Fsp3) is 0.286. The highest BCUT2D eigenvalue weighted by atomic mass is 35.5. The van der Waals surface area contributed by atoms with Gasteiger partial charge in [0, 0.05) is 37.9 Å². The molecule has 0 radical (unpaired) electrons. The van der Waals surface area contributed by atoms with Gasteiger partial charge in [0.15, 0.2) is 0 Å². The Balaban J connectivity index is 1.68. The molecule has 5 nitrogen and oxygen atoms in total. The maximum absolute atomic E-state index is 12.9. The third-order valence-corrected chi connectivity index (χ3v) is 3.69. The smallest absolute Gasteiger partial charge is 0.223 e. The van der Waals surface area contributed by atoms with Crippen molar-refractivity contribution in [2.75, 3.05) is 41.7 Å². The minimum atomic E-state index is -0.219. The molecule has 0 aliphatic carbocycles. The number of anilines is 3. The van der Waals surface area contributed by atoms with Crippen LogP contribution in [-0.4, -0.2) is 36.1 Å². The number of aromatic nitrogens is 2. The first kappa shape index (κ1) is 13.9. The third-order valence-electron chi connectivity index (χ3n) is 3.49.